The second-order valence-electron chi connectivity index (χ2n) is 4.00. The van der Waals surface area contributed by atoms with Crippen molar-refractivity contribution < 1.29 is 9.84 Å². The van der Waals surface area contributed by atoms with Gasteiger partial charge in [0.2, 0.25) is 0 Å². The normalized spacial score (nSPS) is 12.4. The van der Waals surface area contributed by atoms with E-state index in [1.165, 1.54) is 0 Å². The molecule has 0 saturated heterocycles. The van der Waals surface area contributed by atoms with Gasteiger partial charge in [-0.15, -0.1) is 0 Å². The number of aryl methyl sites for hydroxylation is 1. The molecule has 1 aromatic heterocycles. The third kappa shape index (κ3) is 2.85. The first-order valence-electron chi connectivity index (χ1n) is 5.58. The van der Waals surface area contributed by atoms with Crippen molar-refractivity contribution >= 4 is 0 Å². The maximum Gasteiger partial charge on any atom is 0.121 e. The molecule has 0 radical (unpaired) electrons. The van der Waals surface area contributed by atoms with Crippen molar-refractivity contribution in [2.45, 2.75) is 20.0 Å². The number of aromatic nitrogens is 2. The largest absolute Gasteiger partial charge is 0.491 e. The highest BCUT2D eigenvalue weighted by Crippen LogP contribution is 2.18. The third-order valence-corrected chi connectivity index (χ3v) is 2.41. The summed E-state index contributed by atoms with van der Waals surface area (Å²) in [7, 11) is 0. The highest BCUT2D eigenvalue weighted by Gasteiger charge is 2.03. The Morgan fingerprint density at radius 2 is 2.29 bits per heavy atom. The molecule has 4 nitrogen and oxygen atoms in total. The zero-order valence-electron chi connectivity index (χ0n) is 10.00. The predicted octanol–water partition coefficient (Wildman–Crippen LogP) is 1.94. The van der Waals surface area contributed by atoms with Crippen LogP contribution in [0.5, 0.6) is 5.75 Å². The van der Waals surface area contributed by atoms with Gasteiger partial charge in [-0.05, 0) is 26.0 Å². The Labute approximate surface area is 100 Å². The molecule has 1 N–H and O–H groups in total. The summed E-state index contributed by atoms with van der Waals surface area (Å²) in [5.74, 6) is 1.68. The van der Waals surface area contributed by atoms with Crippen molar-refractivity contribution in [3.05, 3.63) is 42.5 Å². The van der Waals surface area contributed by atoms with Gasteiger partial charge < -0.3 is 14.4 Å². The molecule has 0 fully saturated rings. The molecular weight excluding hydrogens is 216 g/mol. The standard InChI is InChI=1S/C13H16N2O2/c1-10(16)9-17-13-5-3-4-12(8-13)15-7-6-14-11(15)2/h3-8,10,16H,9H2,1-2H3. The number of rotatable bonds is 4. The number of hydrogen-bond donors (Lipinski definition) is 1. The van der Waals surface area contributed by atoms with Gasteiger partial charge in [0.05, 0.1) is 11.8 Å². The molecule has 1 heterocycles. The molecule has 1 unspecified atom stereocenters. The fourth-order valence-electron chi connectivity index (χ4n) is 1.59. The van der Waals surface area contributed by atoms with Gasteiger partial charge in [-0.2, -0.15) is 0 Å². The number of hydrogen-bond acceptors (Lipinski definition) is 3. The lowest BCUT2D eigenvalue weighted by Crippen LogP contribution is -2.12. The van der Waals surface area contributed by atoms with Crippen LogP contribution in [0.1, 0.15) is 12.7 Å². The summed E-state index contributed by atoms with van der Waals surface area (Å²) in [6.07, 6.45) is 3.20. The summed E-state index contributed by atoms with van der Waals surface area (Å²) >= 11 is 0. The minimum Gasteiger partial charge on any atom is -0.491 e. The van der Waals surface area contributed by atoms with E-state index in [0.29, 0.717) is 6.61 Å². The Bertz CT molecular complexity index is 492. The van der Waals surface area contributed by atoms with Crippen LogP contribution in [0.3, 0.4) is 0 Å². The van der Waals surface area contributed by atoms with Gasteiger partial charge >= 0.3 is 0 Å². The lowest BCUT2D eigenvalue weighted by molar-refractivity contribution is 0.122. The smallest absolute Gasteiger partial charge is 0.121 e. The van der Waals surface area contributed by atoms with Gasteiger partial charge in [-0.25, -0.2) is 4.98 Å². The monoisotopic (exact) mass is 232 g/mol. The molecule has 0 aliphatic carbocycles. The second kappa shape index (κ2) is 5.01. The van der Waals surface area contributed by atoms with Crippen LogP contribution in [-0.4, -0.2) is 27.4 Å². The summed E-state index contributed by atoms with van der Waals surface area (Å²) < 4.78 is 7.44. The fraction of sp³-hybridized carbons (Fsp3) is 0.308. The minimum atomic E-state index is -0.464. The van der Waals surface area contributed by atoms with Crippen molar-refractivity contribution in [1.29, 1.82) is 0 Å². The number of imidazole rings is 1. The van der Waals surface area contributed by atoms with E-state index in [1.54, 1.807) is 13.1 Å². The van der Waals surface area contributed by atoms with E-state index < -0.39 is 6.10 Å². The molecule has 4 heteroatoms. The van der Waals surface area contributed by atoms with Gasteiger partial charge in [-0.1, -0.05) is 6.07 Å². The van der Waals surface area contributed by atoms with Crippen molar-refractivity contribution in [2.24, 2.45) is 0 Å². The van der Waals surface area contributed by atoms with Crippen LogP contribution in [0.25, 0.3) is 5.69 Å². The summed E-state index contributed by atoms with van der Waals surface area (Å²) in [5, 5.41) is 9.17. The molecule has 2 aromatic rings. The van der Waals surface area contributed by atoms with Crippen molar-refractivity contribution in [1.82, 2.24) is 9.55 Å². The molecule has 0 spiro atoms. The molecule has 90 valence electrons. The Morgan fingerprint density at radius 3 is 2.94 bits per heavy atom. The summed E-state index contributed by atoms with van der Waals surface area (Å²) in [5.41, 5.74) is 1.00. The number of ether oxygens (including phenoxy) is 1. The van der Waals surface area contributed by atoms with E-state index in [0.717, 1.165) is 17.3 Å². The topological polar surface area (TPSA) is 47.3 Å². The Kier molecular flexibility index (Phi) is 3.44. The van der Waals surface area contributed by atoms with E-state index in [4.69, 9.17) is 4.74 Å². The number of aliphatic hydroxyl groups excluding tert-OH is 1. The van der Waals surface area contributed by atoms with Crippen LogP contribution in [0.4, 0.5) is 0 Å². The summed E-state index contributed by atoms with van der Waals surface area (Å²) in [4.78, 5) is 4.18. The Morgan fingerprint density at radius 1 is 1.47 bits per heavy atom. The van der Waals surface area contributed by atoms with E-state index in [9.17, 15) is 5.11 Å². The highest BCUT2D eigenvalue weighted by atomic mass is 16.5. The van der Waals surface area contributed by atoms with E-state index in [-0.39, 0.29) is 0 Å². The van der Waals surface area contributed by atoms with Gasteiger partial charge in [0.1, 0.15) is 18.2 Å². The quantitative estimate of drug-likeness (QED) is 0.876. The zero-order valence-corrected chi connectivity index (χ0v) is 10.00. The van der Waals surface area contributed by atoms with E-state index in [2.05, 4.69) is 4.98 Å². The zero-order chi connectivity index (χ0) is 12.3. The first-order valence-corrected chi connectivity index (χ1v) is 5.58. The SMILES string of the molecule is Cc1nccn1-c1cccc(OCC(C)O)c1. The van der Waals surface area contributed by atoms with Gasteiger partial charge in [0.15, 0.2) is 0 Å². The predicted molar refractivity (Wildman–Crippen MR) is 65.5 cm³/mol. The first kappa shape index (κ1) is 11.7. The number of benzene rings is 1. The average molecular weight is 232 g/mol. The molecule has 2 rings (SSSR count). The van der Waals surface area contributed by atoms with Crippen LogP contribution < -0.4 is 4.74 Å². The Hall–Kier alpha value is -1.81. The summed E-state index contributed by atoms with van der Waals surface area (Å²) in [6.45, 7) is 3.94. The molecule has 17 heavy (non-hydrogen) atoms. The van der Waals surface area contributed by atoms with Crippen LogP contribution in [0.15, 0.2) is 36.7 Å². The lowest BCUT2D eigenvalue weighted by atomic mass is 10.3. The highest BCUT2D eigenvalue weighted by molar-refractivity contribution is 5.40. The molecule has 0 aliphatic rings. The van der Waals surface area contributed by atoms with Crippen LogP contribution >= 0.6 is 0 Å². The number of aliphatic hydroxyl groups is 1. The van der Waals surface area contributed by atoms with E-state index in [1.807, 2.05) is 42.0 Å². The van der Waals surface area contributed by atoms with Crippen molar-refractivity contribution in [3.63, 3.8) is 0 Å². The first-order chi connectivity index (χ1) is 8.16. The van der Waals surface area contributed by atoms with Crippen molar-refractivity contribution in [3.8, 4) is 11.4 Å². The average Bonchev–Trinajstić information content (AvgIpc) is 2.73. The maximum atomic E-state index is 9.17. The number of nitrogens with zero attached hydrogens (tertiary/aromatic N) is 2. The van der Waals surface area contributed by atoms with E-state index >= 15 is 0 Å². The third-order valence-electron chi connectivity index (χ3n) is 2.41. The van der Waals surface area contributed by atoms with Gasteiger partial charge in [0, 0.05) is 18.5 Å². The Balaban J connectivity index is 2.20. The minimum absolute atomic E-state index is 0.298. The lowest BCUT2D eigenvalue weighted by Gasteiger charge is -2.10. The second-order valence-corrected chi connectivity index (χ2v) is 4.00. The molecular formula is C13H16N2O2. The molecule has 1 aromatic carbocycles. The van der Waals surface area contributed by atoms with Crippen LogP contribution in [0.2, 0.25) is 0 Å². The molecule has 0 bridgehead atoms. The van der Waals surface area contributed by atoms with Crippen molar-refractivity contribution in [2.75, 3.05) is 6.61 Å². The fourth-order valence-corrected chi connectivity index (χ4v) is 1.59. The van der Waals surface area contributed by atoms with Gasteiger partial charge in [-0.3, -0.25) is 0 Å². The molecule has 1 atom stereocenters. The van der Waals surface area contributed by atoms with Gasteiger partial charge in [0.25, 0.3) is 0 Å². The molecule has 0 aliphatic heterocycles. The summed E-state index contributed by atoms with van der Waals surface area (Å²) in [6, 6.07) is 7.71. The van der Waals surface area contributed by atoms with Crippen LogP contribution in [-0.2, 0) is 0 Å². The molecule has 0 amide bonds. The van der Waals surface area contributed by atoms with Crippen LogP contribution in [0, 0.1) is 6.92 Å². The molecule has 0 saturated carbocycles. The maximum absolute atomic E-state index is 9.17.